The molecule has 512 valence electrons. The van der Waals surface area contributed by atoms with Crippen LogP contribution in [0.15, 0.2) is 94.8 Å². The van der Waals surface area contributed by atoms with Crippen LogP contribution < -0.4 is 36.3 Å². The van der Waals surface area contributed by atoms with Gasteiger partial charge in [-0.05, 0) is 84.4 Å². The molecule has 6 rings (SSSR count). The van der Waals surface area contributed by atoms with Crippen molar-refractivity contribution in [2.45, 2.75) is 221 Å². The smallest absolute Gasteiger partial charge is 0.459 e. The highest BCUT2D eigenvalue weighted by atomic mass is 31.2. The standard InChI is InChI=1S/C37H58N3O9P.C20H27N4O8P.C6H10O3/c1-5-6-7-8-9-10-11-12-13-14-15-16-18-21-32(41)26-31-24-25-40(37(43)38-31)34-27-45-35(48-34)28-46-50(44,49-33-22-19-17-20-23-33)39-30(4)36(42)47-29(2)3;1-13(2)30-19(25)14(3)23-33(27,32-15-7-5-4-6-8-15)29-12-18-28-11-17(31-18)24-10-9-16(21)22-20(24)26;1-3-5(7)9-6(8)4-2/h17,19-20,22-25,29-30,34-35H,5-16,18,21,26-28H2,1-4H3,(H,39,44);4-10,13-14,17-18H,11-12H2,1-3H3,(H,23,27)(H2,21,22,26);3-4H2,1-2H3/t30-,34-,35-,50?;14-,17-,18-,33?;/m00./s1. The Hall–Kier alpha value is -6.51. The molecular weight excluding hydrogens is 1240 g/mol. The molecule has 2 aromatic carbocycles. The summed E-state index contributed by atoms with van der Waals surface area (Å²) in [6.45, 7) is 14.7. The number of esters is 4. The van der Waals surface area contributed by atoms with Gasteiger partial charge in [-0.1, -0.05) is 134 Å². The van der Waals surface area contributed by atoms with Crippen LogP contribution in [0.5, 0.6) is 11.5 Å². The van der Waals surface area contributed by atoms with E-state index in [0.29, 0.717) is 12.1 Å². The first-order valence-electron chi connectivity index (χ1n) is 31.6. The van der Waals surface area contributed by atoms with Gasteiger partial charge in [0.2, 0.25) is 0 Å². The van der Waals surface area contributed by atoms with Crippen LogP contribution in [0, 0.1) is 0 Å². The van der Waals surface area contributed by atoms with Gasteiger partial charge in [0.05, 0.1) is 31.1 Å². The normalized spacial score (nSPS) is 18.0. The number of carbonyl (C=O) groups excluding carboxylic acids is 5. The first-order chi connectivity index (χ1) is 43.9. The summed E-state index contributed by atoms with van der Waals surface area (Å²) in [6, 6.07) is 17.8. The summed E-state index contributed by atoms with van der Waals surface area (Å²) in [4.78, 5) is 90.4. The third-order valence-corrected chi connectivity index (χ3v) is 16.7. The number of para-hydroxylation sites is 2. The van der Waals surface area contributed by atoms with Crippen LogP contribution in [0.2, 0.25) is 0 Å². The molecule has 29 heteroatoms. The largest absolute Gasteiger partial charge is 0.462 e. The molecule has 0 radical (unpaired) electrons. The van der Waals surface area contributed by atoms with E-state index in [0.717, 1.165) is 19.3 Å². The quantitative estimate of drug-likeness (QED) is 0.0123. The molecule has 2 saturated heterocycles. The Labute approximate surface area is 538 Å². The zero-order valence-electron chi connectivity index (χ0n) is 54.5. The molecular formula is C63H95N7O20P2. The third-order valence-electron chi connectivity index (χ3n) is 13.4. The fourth-order valence-corrected chi connectivity index (χ4v) is 11.6. The number of nitrogen functional groups attached to an aromatic ring is 1. The number of Topliss-reactive ketones (excluding diaryl/α,β-unsaturated/α-hetero) is 1. The number of carbonyl (C=O) groups is 5. The van der Waals surface area contributed by atoms with Crippen molar-refractivity contribution in [3.63, 3.8) is 0 Å². The Kier molecular flexibility index (Phi) is 35.5. The third kappa shape index (κ3) is 30.5. The Balaban J connectivity index is 0.000000366. The molecule has 4 N–H and O–H groups in total. The van der Waals surface area contributed by atoms with Crippen molar-refractivity contribution >= 4 is 51.0 Å². The van der Waals surface area contributed by atoms with Crippen molar-refractivity contribution in [3.05, 3.63) is 112 Å². The minimum Gasteiger partial charge on any atom is -0.462 e. The summed E-state index contributed by atoms with van der Waals surface area (Å²) >= 11 is 0. The number of nitrogens with two attached hydrogens (primary N) is 1. The SMILES string of the molecule is CC(C)OC(=O)[C@H](C)NP(=O)(OC[C@H]1OC[C@@H](n2ccc(N)nc2=O)O1)Oc1ccccc1.CCC(=O)OC(=O)CC.CCCCCCCCCCCCCCCC(=O)Cc1ccn([C@@H]2CO[C@H](COP(=O)(N[C@@H](C)C(=O)OC(C)C)Oc3ccccc3)O2)c(=O)n1. The lowest BCUT2D eigenvalue weighted by atomic mass is 10.0. The van der Waals surface area contributed by atoms with E-state index >= 15 is 0 Å². The molecule has 0 bridgehead atoms. The van der Waals surface area contributed by atoms with Gasteiger partial charge in [-0.3, -0.25) is 42.2 Å². The average Bonchev–Trinajstić information content (AvgIpc) is 1.62. The zero-order chi connectivity index (χ0) is 67.5. The Morgan fingerprint density at radius 3 is 1.37 bits per heavy atom. The van der Waals surface area contributed by atoms with Crippen LogP contribution in [0.25, 0.3) is 0 Å². The van der Waals surface area contributed by atoms with E-state index in [2.05, 4.69) is 31.8 Å². The number of benzene rings is 2. The molecule has 27 nitrogen and oxygen atoms in total. The maximum atomic E-state index is 13.7. The first kappa shape index (κ1) is 77.9. The summed E-state index contributed by atoms with van der Waals surface area (Å²) < 4.78 is 89.2. The van der Waals surface area contributed by atoms with Crippen molar-refractivity contribution < 1.29 is 84.4 Å². The summed E-state index contributed by atoms with van der Waals surface area (Å²) in [5.41, 5.74) is 4.75. The second-order valence-electron chi connectivity index (χ2n) is 22.2. The molecule has 4 heterocycles. The van der Waals surface area contributed by atoms with Crippen molar-refractivity contribution in [1.82, 2.24) is 29.3 Å². The maximum Gasteiger partial charge on any atom is 0.459 e. The fourth-order valence-electron chi connectivity index (χ4n) is 8.65. The number of anilines is 1. The minimum atomic E-state index is -4.12. The van der Waals surface area contributed by atoms with Gasteiger partial charge >= 0.3 is 50.7 Å². The van der Waals surface area contributed by atoms with E-state index in [-0.39, 0.29) is 81.0 Å². The lowest BCUT2D eigenvalue weighted by molar-refractivity contribution is -0.159. The van der Waals surface area contributed by atoms with Gasteiger partial charge in [-0.25, -0.2) is 18.7 Å². The lowest BCUT2D eigenvalue weighted by Crippen LogP contribution is -2.36. The second kappa shape index (κ2) is 41.9. The molecule has 2 aliphatic rings. The van der Waals surface area contributed by atoms with E-state index in [1.54, 1.807) is 108 Å². The molecule has 8 atom stereocenters. The maximum absolute atomic E-state index is 13.7. The number of rotatable bonds is 38. The van der Waals surface area contributed by atoms with Crippen molar-refractivity contribution in [2.75, 3.05) is 32.2 Å². The predicted octanol–water partition coefficient (Wildman–Crippen LogP) is 10.5. The molecule has 2 aliphatic heterocycles. The van der Waals surface area contributed by atoms with E-state index in [9.17, 15) is 42.7 Å². The predicted molar refractivity (Wildman–Crippen MR) is 341 cm³/mol. The van der Waals surface area contributed by atoms with Crippen molar-refractivity contribution in [3.8, 4) is 11.5 Å². The van der Waals surface area contributed by atoms with Gasteiger partial charge in [0.25, 0.3) is 0 Å². The highest BCUT2D eigenvalue weighted by molar-refractivity contribution is 7.52. The summed E-state index contributed by atoms with van der Waals surface area (Å²) in [5, 5.41) is 5.19. The lowest BCUT2D eigenvalue weighted by Gasteiger charge is -2.24. The number of nitrogens with zero attached hydrogens (tertiary/aromatic N) is 4. The van der Waals surface area contributed by atoms with Crippen LogP contribution in [-0.4, -0.2) is 112 Å². The molecule has 4 aromatic rings. The van der Waals surface area contributed by atoms with E-state index in [1.807, 2.05) is 0 Å². The van der Waals surface area contributed by atoms with Gasteiger partial charge in [-0.2, -0.15) is 20.1 Å². The average molecular weight is 1330 g/mol. The van der Waals surface area contributed by atoms with Crippen LogP contribution in [-0.2, 0) is 81.7 Å². The summed E-state index contributed by atoms with van der Waals surface area (Å²) in [6.07, 6.45) is 16.1. The van der Waals surface area contributed by atoms with Crippen LogP contribution in [0.1, 0.15) is 183 Å². The number of aromatic nitrogens is 4. The Morgan fingerprint density at radius 1 is 0.576 bits per heavy atom. The summed E-state index contributed by atoms with van der Waals surface area (Å²) in [7, 11) is -8.18. The first-order valence-corrected chi connectivity index (χ1v) is 34.7. The van der Waals surface area contributed by atoms with Crippen LogP contribution in [0.4, 0.5) is 5.82 Å². The molecule has 92 heavy (non-hydrogen) atoms. The molecule has 2 fully saturated rings. The Morgan fingerprint density at radius 2 is 0.978 bits per heavy atom. The number of nitrogens with one attached hydrogen (secondary N) is 2. The van der Waals surface area contributed by atoms with E-state index < -0.39 is 87.9 Å². The Bertz CT molecular complexity index is 3070. The number of unbranched alkanes of at least 4 members (excludes halogenated alkanes) is 12. The van der Waals surface area contributed by atoms with E-state index in [1.165, 1.54) is 106 Å². The molecule has 2 unspecified atom stereocenters. The highest BCUT2D eigenvalue weighted by Gasteiger charge is 2.38. The minimum absolute atomic E-state index is 0.0152. The molecule has 0 aliphatic carbocycles. The molecule has 0 saturated carbocycles. The van der Waals surface area contributed by atoms with Gasteiger partial charge in [0.15, 0.2) is 25.0 Å². The molecule has 2 aromatic heterocycles. The monoisotopic (exact) mass is 1330 g/mol. The second-order valence-corrected chi connectivity index (χ2v) is 25.6. The van der Waals surface area contributed by atoms with Crippen LogP contribution >= 0.6 is 15.5 Å². The zero-order valence-corrected chi connectivity index (χ0v) is 56.3. The number of ether oxygens (including phenoxy) is 7. The fraction of sp³-hybridized carbons (Fsp3) is 0.603. The van der Waals surface area contributed by atoms with Gasteiger partial charge in [0, 0.05) is 38.1 Å². The van der Waals surface area contributed by atoms with Crippen LogP contribution in [0.3, 0.4) is 0 Å². The number of ketones is 1. The topological polar surface area (TPSA) is 341 Å². The highest BCUT2D eigenvalue weighted by Crippen LogP contribution is 2.47. The number of hydrogen-bond donors (Lipinski definition) is 3. The molecule has 0 amide bonds. The summed E-state index contributed by atoms with van der Waals surface area (Å²) in [5.74, 6) is -1.46. The van der Waals surface area contributed by atoms with Gasteiger partial charge in [0.1, 0.15) is 48.4 Å². The van der Waals surface area contributed by atoms with E-state index in [4.69, 9.17) is 52.2 Å². The van der Waals surface area contributed by atoms with Gasteiger partial charge < -0.3 is 47.9 Å². The van der Waals surface area contributed by atoms with Crippen molar-refractivity contribution in [1.29, 1.82) is 0 Å². The number of hydrogen-bond acceptors (Lipinski definition) is 23. The van der Waals surface area contributed by atoms with Crippen molar-refractivity contribution in [2.24, 2.45) is 0 Å². The van der Waals surface area contributed by atoms with Gasteiger partial charge in [-0.15, -0.1) is 0 Å². The molecule has 0 spiro atoms.